The average Bonchev–Trinajstić information content (AvgIpc) is 1.65. The van der Waals surface area contributed by atoms with E-state index in [-0.39, 0.29) is 50.4 Å². The highest BCUT2D eigenvalue weighted by Gasteiger charge is 2.30. The van der Waals surface area contributed by atoms with Gasteiger partial charge < -0.3 is 19.1 Å². The van der Waals surface area contributed by atoms with Gasteiger partial charge in [-0.2, -0.15) is 33.7 Å². The molecule has 0 unspecified atom stereocenters. The fraction of sp³-hybridized carbons (Fsp3) is 0.253. The number of aryl methyl sites for hydroxylation is 4. The first-order valence-electron chi connectivity index (χ1n) is 40.5. The second-order valence-corrected chi connectivity index (χ2v) is 42.6. The zero-order valence-electron chi connectivity index (χ0n) is 69.0. The molecule has 12 aromatic rings. The van der Waals surface area contributed by atoms with Crippen molar-refractivity contribution in [1.29, 1.82) is 0 Å². The molecule has 30 heteroatoms. The highest BCUT2D eigenvalue weighted by Crippen LogP contribution is 2.52. The van der Waals surface area contributed by atoms with Crippen molar-refractivity contribution >= 4 is 211 Å². The first-order valence-corrected chi connectivity index (χ1v) is 52.5. The van der Waals surface area contributed by atoms with Crippen LogP contribution in [0.1, 0.15) is 120 Å². The molecule has 15 rings (SSSR count). The standard InChI is InChI=1S/C37H35NO7S3.C26H27Cl2NO6S4.C24H23Cl2NS2.C7H10N.CH4/c1-2-26(22-35-31(18-21-48(42,43)44)32-24-29(14-16-34(32)45-35)27-10-5-3-6-11-27)23-37-38(19-9-20-47(39,40)41)33-25-30(15-17-36(33)46-37)28-12-7-4-8-13-28;1-2-17(13-25-20(5-3-11-38(30,31)32)21-15-18(27)6-8-23(21)36-25)14-26-29(10-4-12-39(33,34)35)22-16-19(28)7-9-24(22)37-26;1-4-15(11-23-18(5-2)19-13-16(25)7-9-21(19)28-23)12-24-27(6-3)20-14-17(26)8-10-22(20)29-24;1-2-8-6-4-3-5-7-8;/h3-8,10-17,22-25H,2,9,18-21H2,1H3,(H,39,40,41)(H,42,43,44);6-9,13-16H,2-5,10-12H2,1H3,(H,30,31,32)(H,33,34,35);7-14H,4-6H2,1-3H3;3-7H,2H2,1H3;1H4/q;;;+1;/b26-22-,37-23-;17-13-,26-14-;15-11-,24-12-;;. The van der Waals surface area contributed by atoms with E-state index in [1.807, 2.05) is 200 Å². The van der Waals surface area contributed by atoms with E-state index in [1.54, 1.807) is 34.9 Å². The smallest absolute Gasteiger partial charge is 0.265 e. The molecule has 0 fully saturated rings. The van der Waals surface area contributed by atoms with E-state index >= 15 is 0 Å². The Hall–Kier alpha value is -7.94. The number of fused-ring (bicyclic) bond motifs is 6. The molecule has 0 amide bonds. The molecule has 658 valence electrons. The van der Waals surface area contributed by atoms with Crippen LogP contribution in [0, 0.1) is 0 Å². The fourth-order valence-corrected chi connectivity index (χ4v) is 23.1. The number of hydrogen-bond acceptors (Lipinski definition) is 17. The number of aromatic nitrogens is 1. The normalized spacial score (nSPS) is 14.6. The van der Waals surface area contributed by atoms with Crippen molar-refractivity contribution in [2.75, 3.05) is 57.3 Å². The monoisotopic (exact) mass is 1930 g/mol. The van der Waals surface area contributed by atoms with Crippen LogP contribution in [-0.4, -0.2) is 94.5 Å². The Morgan fingerprint density at radius 3 is 1.28 bits per heavy atom. The topological polar surface area (TPSA) is 244 Å². The number of benzene rings is 8. The lowest BCUT2D eigenvalue weighted by molar-refractivity contribution is -0.693. The summed E-state index contributed by atoms with van der Waals surface area (Å²) in [5.41, 5.74) is 14.0. The highest BCUT2D eigenvalue weighted by molar-refractivity contribution is 8.04. The van der Waals surface area contributed by atoms with Crippen molar-refractivity contribution in [3.63, 3.8) is 0 Å². The van der Waals surface area contributed by atoms with E-state index in [0.717, 1.165) is 127 Å². The lowest BCUT2D eigenvalue weighted by Crippen LogP contribution is -2.30. The van der Waals surface area contributed by atoms with Gasteiger partial charge in [-0.1, -0.05) is 196 Å². The summed E-state index contributed by atoms with van der Waals surface area (Å²) in [7, 11) is -16.5. The van der Waals surface area contributed by atoms with Crippen LogP contribution in [0.5, 0.6) is 0 Å². The minimum atomic E-state index is -4.23. The number of pyridine rings is 1. The molecule has 0 saturated heterocycles. The Kier molecular flexibility index (Phi) is 34.7. The van der Waals surface area contributed by atoms with E-state index in [4.69, 9.17) is 50.8 Å². The van der Waals surface area contributed by atoms with Gasteiger partial charge >= 0.3 is 0 Å². The Labute approximate surface area is 775 Å². The summed E-state index contributed by atoms with van der Waals surface area (Å²) in [6, 6.07) is 61.6. The van der Waals surface area contributed by atoms with Crippen LogP contribution in [0.2, 0.25) is 20.1 Å². The lowest BCUT2D eigenvalue weighted by atomic mass is 10.0. The van der Waals surface area contributed by atoms with Gasteiger partial charge in [-0.15, -0.1) is 22.7 Å². The molecular formula is C95H99Cl4N4O13S9+. The van der Waals surface area contributed by atoms with Crippen LogP contribution in [0.3, 0.4) is 0 Å². The maximum atomic E-state index is 11.8. The molecule has 0 spiro atoms. The highest BCUT2D eigenvalue weighted by atomic mass is 35.5. The summed E-state index contributed by atoms with van der Waals surface area (Å²) in [5.74, 6) is -0.957. The maximum Gasteiger partial charge on any atom is 0.265 e. The largest absolute Gasteiger partial charge is 0.456 e. The molecule has 0 aliphatic carbocycles. The summed E-state index contributed by atoms with van der Waals surface area (Å²) < 4.78 is 140. The third-order valence-electron chi connectivity index (χ3n) is 20.6. The average molecular weight is 1940 g/mol. The molecule has 8 aromatic carbocycles. The van der Waals surface area contributed by atoms with Crippen LogP contribution in [0.4, 0.5) is 17.1 Å². The molecule has 3 aliphatic rings. The number of thioether (sulfide) groups is 3. The molecule has 0 saturated carbocycles. The fourth-order valence-electron chi connectivity index (χ4n) is 14.5. The van der Waals surface area contributed by atoms with Crippen molar-refractivity contribution in [3.8, 4) is 22.3 Å². The zero-order chi connectivity index (χ0) is 88.6. The zero-order valence-corrected chi connectivity index (χ0v) is 79.3. The van der Waals surface area contributed by atoms with Crippen molar-refractivity contribution in [3.05, 3.63) is 303 Å². The maximum absolute atomic E-state index is 11.8. The Morgan fingerprint density at radius 1 is 0.408 bits per heavy atom. The number of anilines is 3. The van der Waals surface area contributed by atoms with Gasteiger partial charge in [0.05, 0.1) is 55.2 Å². The van der Waals surface area contributed by atoms with Gasteiger partial charge in [0.15, 0.2) is 12.4 Å². The third-order valence-corrected chi connectivity index (χ3v) is 30.4. The van der Waals surface area contributed by atoms with E-state index in [0.29, 0.717) is 59.3 Å². The Bertz CT molecular complexity index is 6560. The Balaban J connectivity index is 0.000000178. The lowest BCUT2D eigenvalue weighted by Gasteiger charge is -2.21. The van der Waals surface area contributed by atoms with Gasteiger partial charge in [-0.3, -0.25) is 18.2 Å². The number of allylic oxidation sites excluding steroid dienone is 6. The number of rotatable bonds is 29. The van der Waals surface area contributed by atoms with Crippen LogP contribution in [-0.2, 0) is 66.3 Å². The van der Waals surface area contributed by atoms with Gasteiger partial charge in [0.1, 0.15) is 17.9 Å². The quantitative estimate of drug-likeness (QED) is 0.0251. The predicted octanol–water partition coefficient (Wildman–Crippen LogP) is 26.9. The molecule has 4 N–H and O–H groups in total. The number of furan rings is 1. The molecular weight excluding hydrogens is 1840 g/mol. The van der Waals surface area contributed by atoms with Crippen molar-refractivity contribution < 1.29 is 60.9 Å². The SMILES string of the molecule is C.CCC(=C/c1oc2ccc(-c3ccccc3)cc2c1CCS(=O)(=O)O)/C=C1\Sc2ccc(-c3ccccc3)cc2N1CCCS(=O)(=O)O.CCC(=C/c1sc2ccc(Cl)cc2c1CC)/C=C1\Sc2ccc(Cl)cc2N1CC.CCC(=C/c1sc2ccc(Cl)cc2c1CCCS(=O)(=O)O)/C=C1\Sc2ccc(Cl)cc2N1CCCS(=O)(=O)O.CC[n+]1ccccc1. The van der Waals surface area contributed by atoms with Crippen molar-refractivity contribution in [2.24, 2.45) is 0 Å². The van der Waals surface area contributed by atoms with Crippen molar-refractivity contribution in [1.82, 2.24) is 0 Å². The minimum Gasteiger partial charge on any atom is -0.456 e. The van der Waals surface area contributed by atoms with E-state index < -0.39 is 46.2 Å². The molecule has 0 radical (unpaired) electrons. The number of nitrogens with zero attached hydrogens (tertiary/aromatic N) is 4. The summed E-state index contributed by atoms with van der Waals surface area (Å²) in [6.07, 6.45) is 21.5. The predicted molar refractivity (Wildman–Crippen MR) is 530 cm³/mol. The molecule has 7 heterocycles. The van der Waals surface area contributed by atoms with Crippen LogP contribution >= 0.6 is 104 Å². The number of thiophene rings is 2. The van der Waals surface area contributed by atoms with E-state index in [1.165, 1.54) is 41.7 Å². The second-order valence-electron chi connectivity index (χ2n) is 29.2. The molecule has 0 atom stereocenters. The van der Waals surface area contributed by atoms with Crippen LogP contribution in [0.25, 0.3) is 71.6 Å². The summed E-state index contributed by atoms with van der Waals surface area (Å²) in [5, 5.41) is 8.82. The molecule has 17 nitrogen and oxygen atoms in total. The summed E-state index contributed by atoms with van der Waals surface area (Å²) in [6.45, 7) is 15.5. The van der Waals surface area contributed by atoms with Gasteiger partial charge in [-0.05, 0) is 266 Å². The van der Waals surface area contributed by atoms with Gasteiger partial charge in [0.2, 0.25) is 0 Å². The van der Waals surface area contributed by atoms with E-state index in [9.17, 15) is 51.9 Å². The van der Waals surface area contributed by atoms with Crippen LogP contribution < -0.4 is 19.3 Å². The molecule has 125 heavy (non-hydrogen) atoms. The first-order chi connectivity index (χ1) is 59.3. The minimum absolute atomic E-state index is 0. The van der Waals surface area contributed by atoms with Gasteiger partial charge in [0.25, 0.3) is 40.5 Å². The van der Waals surface area contributed by atoms with Gasteiger partial charge in [0, 0.05) is 96.6 Å². The molecule has 3 aliphatic heterocycles. The Morgan fingerprint density at radius 2 is 0.816 bits per heavy atom. The molecule has 0 bridgehead atoms. The van der Waals surface area contributed by atoms with E-state index in [2.05, 4.69) is 121 Å². The second kappa shape index (κ2) is 44.4. The number of halogens is 4. The molecule has 4 aromatic heterocycles. The van der Waals surface area contributed by atoms with Crippen LogP contribution in [0.15, 0.2) is 270 Å². The summed E-state index contributed by atoms with van der Waals surface area (Å²) in [4.78, 5) is 12.0. The first kappa shape index (κ1) is 97.7. The van der Waals surface area contributed by atoms with Gasteiger partial charge in [-0.25, -0.2) is 4.57 Å². The third kappa shape index (κ3) is 26.9. The summed E-state index contributed by atoms with van der Waals surface area (Å²) >= 11 is 33.4. The number of hydrogen-bond donors (Lipinski definition) is 4. The van der Waals surface area contributed by atoms with Crippen molar-refractivity contribution in [2.45, 2.75) is 128 Å².